The lowest BCUT2D eigenvalue weighted by Crippen LogP contribution is -2.33. The molecule has 0 spiro atoms. The van der Waals surface area contributed by atoms with Crippen molar-refractivity contribution in [1.29, 1.82) is 0 Å². The number of rotatable bonds is 5. The summed E-state index contributed by atoms with van der Waals surface area (Å²) in [6.45, 7) is 2.04. The highest BCUT2D eigenvalue weighted by Gasteiger charge is 2.40. The maximum absolute atomic E-state index is 12.4. The normalized spacial score (nSPS) is 23.7. The lowest BCUT2D eigenvalue weighted by Gasteiger charge is -2.37. The van der Waals surface area contributed by atoms with Gasteiger partial charge in [-0.05, 0) is 42.3 Å². The number of hydrogen-bond donors (Lipinski definition) is 3. The van der Waals surface area contributed by atoms with E-state index < -0.39 is 0 Å². The van der Waals surface area contributed by atoms with Gasteiger partial charge in [0.2, 0.25) is 0 Å². The van der Waals surface area contributed by atoms with E-state index in [0.29, 0.717) is 30.7 Å². The van der Waals surface area contributed by atoms with Crippen LogP contribution in [-0.4, -0.2) is 32.7 Å². The number of fused-ring (bicyclic) bond motifs is 3. The van der Waals surface area contributed by atoms with Crippen molar-refractivity contribution in [3.8, 4) is 0 Å². The minimum atomic E-state index is -0.0513. The van der Waals surface area contributed by atoms with Crippen molar-refractivity contribution in [2.45, 2.75) is 18.5 Å². The van der Waals surface area contributed by atoms with Gasteiger partial charge in [0.15, 0.2) is 0 Å². The lowest BCUT2D eigenvalue weighted by atomic mass is 9.80. The molecule has 1 amide bonds. The van der Waals surface area contributed by atoms with E-state index >= 15 is 0 Å². The monoisotopic (exact) mass is 351 g/mol. The topological polar surface area (TPSA) is 62.4 Å². The van der Waals surface area contributed by atoms with E-state index in [1.165, 1.54) is 11.1 Å². The third-order valence-corrected chi connectivity index (χ3v) is 5.41. The summed E-state index contributed by atoms with van der Waals surface area (Å²) < 4.78 is 4.99. The van der Waals surface area contributed by atoms with E-state index in [-0.39, 0.29) is 11.9 Å². The molecule has 2 aromatic carbocycles. The highest BCUT2D eigenvalue weighted by molar-refractivity contribution is 5.95. The number of carbonyl (C=O) groups is 1. The number of hydrogen-bond acceptors (Lipinski definition) is 4. The Morgan fingerprint density at radius 3 is 2.85 bits per heavy atom. The average molecular weight is 351 g/mol. The van der Waals surface area contributed by atoms with Crippen LogP contribution in [0.25, 0.3) is 0 Å². The molecule has 0 radical (unpaired) electrons. The molecule has 4 rings (SSSR count). The van der Waals surface area contributed by atoms with E-state index in [1.54, 1.807) is 7.11 Å². The van der Waals surface area contributed by atoms with Gasteiger partial charge in [0, 0.05) is 36.9 Å². The van der Waals surface area contributed by atoms with Crippen LogP contribution in [0.4, 0.5) is 5.69 Å². The first kappa shape index (κ1) is 17.1. The summed E-state index contributed by atoms with van der Waals surface area (Å²) in [5, 5.41) is 10.2. The van der Waals surface area contributed by atoms with Gasteiger partial charge in [0.05, 0.1) is 12.6 Å². The second kappa shape index (κ2) is 7.48. The molecule has 26 heavy (non-hydrogen) atoms. The molecule has 0 saturated carbocycles. The number of anilines is 1. The summed E-state index contributed by atoms with van der Waals surface area (Å²) in [6.07, 6.45) is 1.13. The third kappa shape index (κ3) is 3.20. The maximum atomic E-state index is 12.4. The maximum Gasteiger partial charge on any atom is 0.251 e. The molecule has 0 aliphatic carbocycles. The average Bonchev–Trinajstić information content (AvgIpc) is 3.18. The van der Waals surface area contributed by atoms with Crippen molar-refractivity contribution < 1.29 is 9.53 Å². The Hall–Kier alpha value is -2.37. The van der Waals surface area contributed by atoms with Crippen molar-refractivity contribution in [3.05, 3.63) is 65.2 Å². The zero-order valence-electron chi connectivity index (χ0n) is 15.0. The Balaban J connectivity index is 1.61. The Labute approximate surface area is 154 Å². The first-order valence-corrected chi connectivity index (χ1v) is 9.24. The zero-order chi connectivity index (χ0) is 17.9. The van der Waals surface area contributed by atoms with Crippen molar-refractivity contribution in [1.82, 2.24) is 10.6 Å². The second-order valence-corrected chi connectivity index (χ2v) is 6.97. The molecule has 0 bridgehead atoms. The number of amides is 1. The second-order valence-electron chi connectivity index (χ2n) is 6.97. The third-order valence-electron chi connectivity index (χ3n) is 5.41. The molecule has 2 aliphatic heterocycles. The summed E-state index contributed by atoms with van der Waals surface area (Å²) in [5.74, 6) is 0.432. The van der Waals surface area contributed by atoms with Crippen LogP contribution in [-0.2, 0) is 4.74 Å². The van der Waals surface area contributed by atoms with Gasteiger partial charge < -0.3 is 20.7 Å². The predicted octanol–water partition coefficient (Wildman–Crippen LogP) is 2.88. The first-order valence-electron chi connectivity index (χ1n) is 9.24. The fraction of sp³-hybridized carbons (Fsp3) is 0.381. The molecule has 3 unspecified atom stereocenters. The van der Waals surface area contributed by atoms with Gasteiger partial charge in [0.25, 0.3) is 5.91 Å². The molecule has 136 valence electrons. The van der Waals surface area contributed by atoms with Gasteiger partial charge in [-0.15, -0.1) is 0 Å². The number of ether oxygens (including phenoxy) is 1. The fourth-order valence-corrected chi connectivity index (χ4v) is 4.15. The summed E-state index contributed by atoms with van der Waals surface area (Å²) in [6, 6.07) is 17.2. The van der Waals surface area contributed by atoms with Crippen molar-refractivity contribution >= 4 is 11.6 Å². The molecule has 0 aromatic heterocycles. The van der Waals surface area contributed by atoms with Gasteiger partial charge in [-0.2, -0.15) is 0 Å². The highest BCUT2D eigenvalue weighted by Crippen LogP contribution is 2.47. The SMILES string of the molecule is COCCNC(=O)c1ccc2c(c1)C1NCCC1C(c1ccccc1)N2. The fourth-order valence-electron chi connectivity index (χ4n) is 4.15. The molecular formula is C21H25N3O2. The van der Waals surface area contributed by atoms with Crippen LogP contribution in [0.3, 0.4) is 0 Å². The van der Waals surface area contributed by atoms with Crippen LogP contribution in [0.15, 0.2) is 48.5 Å². The quantitative estimate of drug-likeness (QED) is 0.725. The van der Waals surface area contributed by atoms with Crippen LogP contribution < -0.4 is 16.0 Å². The molecule has 1 fully saturated rings. The van der Waals surface area contributed by atoms with E-state index in [2.05, 4.69) is 46.3 Å². The van der Waals surface area contributed by atoms with Crippen LogP contribution in [0.5, 0.6) is 0 Å². The zero-order valence-corrected chi connectivity index (χ0v) is 15.0. The smallest absolute Gasteiger partial charge is 0.251 e. The molecule has 3 atom stereocenters. The summed E-state index contributed by atoms with van der Waals surface area (Å²) in [5.41, 5.74) is 4.33. The summed E-state index contributed by atoms with van der Waals surface area (Å²) >= 11 is 0. The van der Waals surface area contributed by atoms with Crippen LogP contribution in [0, 0.1) is 5.92 Å². The van der Waals surface area contributed by atoms with E-state index in [4.69, 9.17) is 4.74 Å². The summed E-state index contributed by atoms with van der Waals surface area (Å²) in [4.78, 5) is 12.4. The minimum absolute atomic E-state index is 0.0513. The molecule has 5 nitrogen and oxygen atoms in total. The Kier molecular flexibility index (Phi) is 4.91. The van der Waals surface area contributed by atoms with Gasteiger partial charge in [0.1, 0.15) is 0 Å². The van der Waals surface area contributed by atoms with Crippen molar-refractivity contribution in [2.24, 2.45) is 5.92 Å². The van der Waals surface area contributed by atoms with E-state index in [1.807, 2.05) is 18.2 Å². The van der Waals surface area contributed by atoms with Crippen molar-refractivity contribution in [2.75, 3.05) is 32.1 Å². The standard InChI is InChI=1S/C21H25N3O2/c1-26-12-11-23-21(25)15-7-8-18-17(13-15)20-16(9-10-22-20)19(24-18)14-5-3-2-4-6-14/h2-8,13,16,19-20,22,24H,9-12H2,1H3,(H,23,25). The highest BCUT2D eigenvalue weighted by atomic mass is 16.5. The number of nitrogens with one attached hydrogen (secondary N) is 3. The molecule has 5 heteroatoms. The molecule has 2 heterocycles. The number of methoxy groups -OCH3 is 1. The molecule has 2 aliphatic rings. The number of carbonyl (C=O) groups excluding carboxylic acids is 1. The molecular weight excluding hydrogens is 326 g/mol. The lowest BCUT2D eigenvalue weighted by molar-refractivity contribution is 0.0937. The van der Waals surface area contributed by atoms with Crippen LogP contribution in [0.1, 0.15) is 40.0 Å². The first-order chi connectivity index (χ1) is 12.8. The van der Waals surface area contributed by atoms with Crippen LogP contribution in [0.2, 0.25) is 0 Å². The van der Waals surface area contributed by atoms with Gasteiger partial charge >= 0.3 is 0 Å². The Bertz CT molecular complexity index is 778. The van der Waals surface area contributed by atoms with Crippen molar-refractivity contribution in [3.63, 3.8) is 0 Å². The number of benzene rings is 2. The Morgan fingerprint density at radius 1 is 1.19 bits per heavy atom. The Morgan fingerprint density at radius 2 is 2.04 bits per heavy atom. The van der Waals surface area contributed by atoms with E-state index in [0.717, 1.165) is 18.7 Å². The summed E-state index contributed by atoms with van der Waals surface area (Å²) in [7, 11) is 1.63. The van der Waals surface area contributed by atoms with E-state index in [9.17, 15) is 4.79 Å². The molecule has 2 aromatic rings. The van der Waals surface area contributed by atoms with Gasteiger partial charge in [-0.3, -0.25) is 4.79 Å². The van der Waals surface area contributed by atoms with Gasteiger partial charge in [-0.25, -0.2) is 0 Å². The largest absolute Gasteiger partial charge is 0.383 e. The van der Waals surface area contributed by atoms with Crippen LogP contribution >= 0.6 is 0 Å². The predicted molar refractivity (Wildman–Crippen MR) is 102 cm³/mol. The van der Waals surface area contributed by atoms with Gasteiger partial charge in [-0.1, -0.05) is 30.3 Å². The molecule has 3 N–H and O–H groups in total. The minimum Gasteiger partial charge on any atom is -0.383 e. The molecule has 1 saturated heterocycles.